The van der Waals surface area contributed by atoms with Gasteiger partial charge in [0.15, 0.2) is 0 Å². The molecule has 0 aromatic heterocycles. The van der Waals surface area contributed by atoms with Crippen LogP contribution >= 0.6 is 0 Å². The third-order valence-corrected chi connectivity index (χ3v) is 6.08. The Bertz CT molecular complexity index is 985. The first-order chi connectivity index (χ1) is 14.5. The van der Waals surface area contributed by atoms with Crippen LogP contribution in [0.4, 0.5) is 21.5 Å². The quantitative estimate of drug-likeness (QED) is 0.542. The number of carbonyl (C=O) groups is 1. The Labute approximate surface area is 174 Å². The zero-order valence-electron chi connectivity index (χ0n) is 17.1. The number of esters is 1. The molecule has 2 aromatic carbocycles. The van der Waals surface area contributed by atoms with E-state index >= 15 is 0 Å². The molecule has 2 saturated heterocycles. The molecule has 0 N–H and O–H groups in total. The van der Waals surface area contributed by atoms with E-state index in [9.17, 15) is 18.8 Å². The van der Waals surface area contributed by atoms with E-state index in [1.807, 2.05) is 14.7 Å². The van der Waals surface area contributed by atoms with Crippen molar-refractivity contribution in [1.29, 1.82) is 0 Å². The second-order valence-electron chi connectivity index (χ2n) is 7.79. The fourth-order valence-electron chi connectivity index (χ4n) is 4.43. The Morgan fingerprint density at radius 1 is 0.933 bits per heavy atom. The number of benzene rings is 1. The van der Waals surface area contributed by atoms with Crippen molar-refractivity contribution in [2.24, 2.45) is 5.92 Å². The highest BCUT2D eigenvalue weighted by molar-refractivity contribution is 5.78. The molecule has 30 heavy (non-hydrogen) atoms. The Morgan fingerprint density at radius 2 is 1.47 bits per heavy atom. The first kappa shape index (κ1) is 20.4. The molecule has 0 aliphatic carbocycles. The van der Waals surface area contributed by atoms with Crippen LogP contribution in [-0.4, -0.2) is 51.8 Å². The Hall–Kier alpha value is -2.90. The Balaban J connectivity index is 1.42. The van der Waals surface area contributed by atoms with Crippen molar-refractivity contribution in [2.45, 2.75) is 19.8 Å². The van der Waals surface area contributed by atoms with Gasteiger partial charge >= 0.3 is 5.97 Å². The normalized spacial score (nSPS) is 18.1. The maximum atomic E-state index is 14.1. The first-order valence-electron chi connectivity index (χ1n) is 10.5. The van der Waals surface area contributed by atoms with E-state index in [1.54, 1.807) is 25.1 Å². The summed E-state index contributed by atoms with van der Waals surface area (Å²) in [5.41, 5.74) is 0.612. The average Bonchev–Trinajstić information content (AvgIpc) is 2.77. The SMILES string of the molecule is CCOC(=O)C1CCN(c2c(N3CCN(c4ccccc4F)CC3)c(=O)c2=O)CC1. The van der Waals surface area contributed by atoms with Crippen LogP contribution in [0.15, 0.2) is 33.9 Å². The number of nitrogens with zero attached hydrogens (tertiary/aromatic N) is 3. The van der Waals surface area contributed by atoms with Crippen LogP contribution in [0.25, 0.3) is 0 Å². The molecule has 2 heterocycles. The maximum absolute atomic E-state index is 14.1. The zero-order valence-corrected chi connectivity index (χ0v) is 17.1. The summed E-state index contributed by atoms with van der Waals surface area (Å²) in [6.45, 7) is 5.49. The van der Waals surface area contributed by atoms with Gasteiger partial charge in [0.05, 0.1) is 18.2 Å². The molecule has 0 amide bonds. The van der Waals surface area contributed by atoms with Crippen LogP contribution in [0.3, 0.4) is 0 Å². The second kappa shape index (κ2) is 8.45. The molecule has 0 bridgehead atoms. The lowest BCUT2D eigenvalue weighted by Gasteiger charge is -2.40. The van der Waals surface area contributed by atoms with Crippen molar-refractivity contribution >= 4 is 23.0 Å². The van der Waals surface area contributed by atoms with E-state index in [-0.39, 0.29) is 17.7 Å². The lowest BCUT2D eigenvalue weighted by atomic mass is 9.95. The Kier molecular flexibility index (Phi) is 5.74. The molecule has 7 nitrogen and oxygen atoms in total. The van der Waals surface area contributed by atoms with Crippen molar-refractivity contribution in [2.75, 3.05) is 60.6 Å². The zero-order chi connectivity index (χ0) is 21.3. The monoisotopic (exact) mass is 415 g/mol. The van der Waals surface area contributed by atoms with Gasteiger partial charge in [0.25, 0.3) is 10.9 Å². The van der Waals surface area contributed by atoms with Crippen molar-refractivity contribution in [3.63, 3.8) is 0 Å². The summed E-state index contributed by atoms with van der Waals surface area (Å²) in [6.07, 6.45) is 1.22. The summed E-state index contributed by atoms with van der Waals surface area (Å²) in [5.74, 6) is -0.600. The molecule has 8 heteroatoms. The number of rotatable bonds is 5. The van der Waals surface area contributed by atoms with Gasteiger partial charge in [0, 0.05) is 39.3 Å². The van der Waals surface area contributed by atoms with Crippen LogP contribution in [0.5, 0.6) is 0 Å². The molecule has 4 rings (SSSR count). The van der Waals surface area contributed by atoms with E-state index in [0.717, 1.165) is 0 Å². The highest BCUT2D eigenvalue weighted by atomic mass is 19.1. The number of piperidine rings is 1. The lowest BCUT2D eigenvalue weighted by molar-refractivity contribution is -0.148. The molecule has 0 saturated carbocycles. The largest absolute Gasteiger partial charge is 0.466 e. The van der Waals surface area contributed by atoms with Gasteiger partial charge in [0.1, 0.15) is 17.2 Å². The van der Waals surface area contributed by atoms with E-state index < -0.39 is 10.9 Å². The summed E-state index contributed by atoms with van der Waals surface area (Å²) in [7, 11) is 0. The van der Waals surface area contributed by atoms with Gasteiger partial charge in [-0.15, -0.1) is 0 Å². The smallest absolute Gasteiger partial charge is 0.309 e. The maximum Gasteiger partial charge on any atom is 0.309 e. The first-order valence-corrected chi connectivity index (χ1v) is 10.5. The van der Waals surface area contributed by atoms with Gasteiger partial charge in [-0.25, -0.2) is 4.39 Å². The average molecular weight is 415 g/mol. The minimum atomic E-state index is -0.448. The minimum absolute atomic E-state index is 0.152. The van der Waals surface area contributed by atoms with Crippen LogP contribution in [0.1, 0.15) is 19.8 Å². The number of carbonyl (C=O) groups excluding carboxylic acids is 1. The summed E-state index contributed by atoms with van der Waals surface area (Å²) in [6, 6.07) is 6.66. The molecule has 2 aromatic rings. The standard InChI is InChI=1S/C22H26FN3O4/c1-2-30-22(29)15-7-9-25(10-8-15)18-19(21(28)20(18)27)26-13-11-24(12-14-26)17-6-4-3-5-16(17)23/h3-6,15H,2,7-14H2,1H3. The summed E-state index contributed by atoms with van der Waals surface area (Å²) in [5, 5.41) is 0. The molecule has 2 fully saturated rings. The second-order valence-corrected chi connectivity index (χ2v) is 7.79. The van der Waals surface area contributed by atoms with Crippen LogP contribution in [0, 0.1) is 11.7 Å². The molecule has 2 aliphatic heterocycles. The Morgan fingerprint density at radius 3 is 2.03 bits per heavy atom. The lowest BCUT2D eigenvalue weighted by Crippen LogP contribution is -2.54. The molecule has 0 radical (unpaired) electrons. The van der Waals surface area contributed by atoms with Crippen molar-refractivity contribution in [1.82, 2.24) is 0 Å². The molecule has 160 valence electrons. The van der Waals surface area contributed by atoms with Gasteiger partial charge in [-0.1, -0.05) is 12.1 Å². The number of para-hydroxylation sites is 1. The number of piperazine rings is 1. The fourth-order valence-corrected chi connectivity index (χ4v) is 4.43. The van der Waals surface area contributed by atoms with E-state index in [0.29, 0.717) is 75.8 Å². The van der Waals surface area contributed by atoms with E-state index in [1.165, 1.54) is 6.07 Å². The molecular weight excluding hydrogens is 389 g/mol. The van der Waals surface area contributed by atoms with Gasteiger partial charge in [0.2, 0.25) is 0 Å². The molecule has 0 unspecified atom stereocenters. The number of anilines is 3. The van der Waals surface area contributed by atoms with Gasteiger partial charge < -0.3 is 19.4 Å². The van der Waals surface area contributed by atoms with E-state index in [4.69, 9.17) is 4.74 Å². The highest BCUT2D eigenvalue weighted by Gasteiger charge is 2.35. The summed E-state index contributed by atoms with van der Waals surface area (Å²) >= 11 is 0. The third kappa shape index (κ3) is 3.66. The summed E-state index contributed by atoms with van der Waals surface area (Å²) < 4.78 is 19.2. The van der Waals surface area contributed by atoms with Crippen LogP contribution in [-0.2, 0) is 9.53 Å². The molecule has 0 atom stereocenters. The molecular formula is C22H26FN3O4. The van der Waals surface area contributed by atoms with Crippen LogP contribution in [0.2, 0.25) is 0 Å². The minimum Gasteiger partial charge on any atom is -0.466 e. The van der Waals surface area contributed by atoms with Gasteiger partial charge in [-0.05, 0) is 31.9 Å². The van der Waals surface area contributed by atoms with Gasteiger partial charge in [-0.2, -0.15) is 0 Å². The van der Waals surface area contributed by atoms with E-state index in [2.05, 4.69) is 0 Å². The fraction of sp³-hybridized carbons (Fsp3) is 0.500. The summed E-state index contributed by atoms with van der Waals surface area (Å²) in [4.78, 5) is 42.5. The number of ether oxygens (including phenoxy) is 1. The number of hydrogen-bond acceptors (Lipinski definition) is 7. The molecule has 0 spiro atoms. The number of halogens is 1. The van der Waals surface area contributed by atoms with Crippen molar-refractivity contribution in [3.05, 3.63) is 50.5 Å². The van der Waals surface area contributed by atoms with Crippen molar-refractivity contribution < 1.29 is 13.9 Å². The van der Waals surface area contributed by atoms with Crippen molar-refractivity contribution in [3.8, 4) is 0 Å². The van der Waals surface area contributed by atoms with Crippen LogP contribution < -0.4 is 25.6 Å². The third-order valence-electron chi connectivity index (χ3n) is 6.08. The predicted octanol–water partition coefficient (Wildman–Crippen LogP) is 1.53. The molecule has 2 aliphatic rings. The topological polar surface area (TPSA) is 70.2 Å². The number of hydrogen-bond donors (Lipinski definition) is 0. The highest BCUT2D eigenvalue weighted by Crippen LogP contribution is 2.30. The van der Waals surface area contributed by atoms with Gasteiger partial charge in [-0.3, -0.25) is 14.4 Å². The predicted molar refractivity (Wildman–Crippen MR) is 114 cm³/mol.